The number of nitrogens with zero attached hydrogens (tertiary/aromatic N) is 1. The highest BCUT2D eigenvalue weighted by molar-refractivity contribution is 7.99. The van der Waals surface area contributed by atoms with E-state index in [4.69, 9.17) is 9.47 Å². The first kappa shape index (κ1) is 30.8. The van der Waals surface area contributed by atoms with Gasteiger partial charge in [-0.2, -0.15) is 0 Å². The number of hydrogen-bond acceptors (Lipinski definition) is 7. The number of halogens is 3. The number of hydrogen-bond donors (Lipinski definition) is 2. The number of amides is 2. The number of benzene rings is 2. The smallest absolute Gasteiger partial charge is 0.497 e. The van der Waals surface area contributed by atoms with E-state index in [0.717, 1.165) is 17.7 Å². The standard InChI is InChI=1S/C29H30F3N3O6S/c1-28(2,3)41-27(38)34-22-16-42-24-21(25(36)33-13-17-5-9-19(39-4)10-6-17)15-35(26(37)23(22)24)14-18-7-11-20(12-8-18)40-29(30,31)32/h5-12,15,22H,13-14,16H2,1-4H3,(H,33,36)(H,34,38)/t22-/m0/s1. The molecule has 2 aromatic carbocycles. The molecular formula is C29H30F3N3O6S. The molecule has 3 aromatic rings. The van der Waals surface area contributed by atoms with E-state index in [0.29, 0.717) is 22.0 Å². The number of carbonyl (C=O) groups excluding carboxylic acids is 2. The summed E-state index contributed by atoms with van der Waals surface area (Å²) in [6.07, 6.45) is -4.12. The minimum absolute atomic E-state index is 0.0407. The van der Waals surface area contributed by atoms with Gasteiger partial charge in [-0.15, -0.1) is 24.9 Å². The van der Waals surface area contributed by atoms with Crippen LogP contribution in [0.3, 0.4) is 0 Å². The number of fused-ring (bicyclic) bond motifs is 1. The third kappa shape index (κ3) is 7.99. The molecule has 0 saturated heterocycles. The summed E-state index contributed by atoms with van der Waals surface area (Å²) < 4.78 is 53.4. The average molecular weight is 606 g/mol. The van der Waals surface area contributed by atoms with Gasteiger partial charge in [0.2, 0.25) is 0 Å². The molecule has 1 aromatic heterocycles. The van der Waals surface area contributed by atoms with Crippen LogP contribution in [0.15, 0.2) is 64.4 Å². The topological polar surface area (TPSA) is 108 Å². The van der Waals surface area contributed by atoms with Gasteiger partial charge in [-0.25, -0.2) is 4.79 Å². The van der Waals surface area contributed by atoms with Gasteiger partial charge in [-0.05, 0) is 56.2 Å². The van der Waals surface area contributed by atoms with Crippen LogP contribution in [0.5, 0.6) is 11.5 Å². The van der Waals surface area contributed by atoms with Gasteiger partial charge in [-0.3, -0.25) is 9.59 Å². The molecule has 13 heteroatoms. The number of carbonyl (C=O) groups is 2. The molecule has 1 aliphatic heterocycles. The van der Waals surface area contributed by atoms with Gasteiger partial charge in [0, 0.05) is 23.4 Å². The zero-order chi connectivity index (χ0) is 30.7. The largest absolute Gasteiger partial charge is 0.573 e. The van der Waals surface area contributed by atoms with Crippen molar-refractivity contribution in [1.82, 2.24) is 15.2 Å². The number of ether oxygens (including phenoxy) is 3. The minimum Gasteiger partial charge on any atom is -0.497 e. The van der Waals surface area contributed by atoms with Crippen LogP contribution in [0.1, 0.15) is 53.9 Å². The molecule has 1 aliphatic rings. The summed E-state index contributed by atoms with van der Waals surface area (Å²) in [6.45, 7) is 5.32. The van der Waals surface area contributed by atoms with Gasteiger partial charge in [0.25, 0.3) is 11.5 Å². The van der Waals surface area contributed by atoms with Crippen molar-refractivity contribution in [3.63, 3.8) is 0 Å². The third-order valence-electron chi connectivity index (χ3n) is 6.07. The molecule has 0 radical (unpaired) electrons. The van der Waals surface area contributed by atoms with Crippen molar-refractivity contribution >= 4 is 23.8 Å². The summed E-state index contributed by atoms with van der Waals surface area (Å²) in [4.78, 5) is 40.0. The number of alkyl carbamates (subject to hydrolysis) is 1. The fourth-order valence-corrected chi connectivity index (χ4v) is 5.51. The van der Waals surface area contributed by atoms with E-state index in [-0.39, 0.29) is 24.2 Å². The zero-order valence-corrected chi connectivity index (χ0v) is 24.2. The summed E-state index contributed by atoms with van der Waals surface area (Å²) in [5.41, 5.74) is 0.585. The number of aromatic nitrogens is 1. The van der Waals surface area contributed by atoms with E-state index in [9.17, 15) is 27.6 Å². The minimum atomic E-state index is -4.83. The summed E-state index contributed by atoms with van der Waals surface area (Å²) in [5.74, 6) is 0.142. The highest BCUT2D eigenvalue weighted by Gasteiger charge is 2.34. The second-order valence-electron chi connectivity index (χ2n) is 10.5. The Labute approximate surface area is 244 Å². The van der Waals surface area contributed by atoms with E-state index in [1.165, 1.54) is 34.7 Å². The van der Waals surface area contributed by atoms with Crippen LogP contribution < -0.4 is 25.7 Å². The molecule has 0 unspecified atom stereocenters. The number of thioether (sulfide) groups is 1. The first-order valence-electron chi connectivity index (χ1n) is 12.9. The lowest BCUT2D eigenvalue weighted by Gasteiger charge is -2.22. The van der Waals surface area contributed by atoms with E-state index in [1.807, 2.05) is 12.1 Å². The van der Waals surface area contributed by atoms with Crippen LogP contribution in [0.2, 0.25) is 0 Å². The lowest BCUT2D eigenvalue weighted by molar-refractivity contribution is -0.274. The second-order valence-corrected chi connectivity index (χ2v) is 11.5. The Morgan fingerprint density at radius 3 is 2.21 bits per heavy atom. The summed E-state index contributed by atoms with van der Waals surface area (Å²) >= 11 is 1.27. The molecule has 0 spiro atoms. The van der Waals surface area contributed by atoms with Gasteiger partial charge in [0.1, 0.15) is 17.1 Å². The number of methoxy groups -OCH3 is 1. The monoisotopic (exact) mass is 605 g/mol. The zero-order valence-electron chi connectivity index (χ0n) is 23.3. The SMILES string of the molecule is COc1ccc(CNC(=O)c2cn(Cc3ccc(OC(F)(F)F)cc3)c(=O)c3c2SC[C@@H]3NC(=O)OC(C)(C)C)cc1. The normalized spacial score (nSPS) is 14.6. The van der Waals surface area contributed by atoms with E-state index in [2.05, 4.69) is 15.4 Å². The maximum absolute atomic E-state index is 13.7. The van der Waals surface area contributed by atoms with Gasteiger partial charge in [0.15, 0.2) is 0 Å². The number of pyridine rings is 1. The molecule has 4 rings (SSSR count). The average Bonchev–Trinajstić information content (AvgIpc) is 3.32. The summed E-state index contributed by atoms with van der Waals surface area (Å²) in [7, 11) is 1.56. The molecule has 2 N–H and O–H groups in total. The van der Waals surface area contributed by atoms with Crippen LogP contribution in [0.25, 0.3) is 0 Å². The molecule has 1 atom stereocenters. The van der Waals surface area contributed by atoms with E-state index in [1.54, 1.807) is 40.0 Å². The van der Waals surface area contributed by atoms with Gasteiger partial charge in [0.05, 0.1) is 30.8 Å². The van der Waals surface area contributed by atoms with E-state index >= 15 is 0 Å². The van der Waals surface area contributed by atoms with Crippen molar-refractivity contribution in [2.45, 2.75) is 56.8 Å². The Bertz CT molecular complexity index is 1500. The Morgan fingerprint density at radius 1 is 1.00 bits per heavy atom. The van der Waals surface area contributed by atoms with Crippen molar-refractivity contribution in [3.05, 3.63) is 87.3 Å². The van der Waals surface area contributed by atoms with Crippen molar-refractivity contribution in [2.24, 2.45) is 0 Å². The summed E-state index contributed by atoms with van der Waals surface area (Å²) in [6, 6.07) is 11.5. The maximum atomic E-state index is 13.7. The van der Waals surface area contributed by atoms with Crippen LogP contribution in [-0.2, 0) is 17.8 Å². The highest BCUT2D eigenvalue weighted by atomic mass is 32.2. The lowest BCUT2D eigenvalue weighted by Crippen LogP contribution is -2.38. The molecule has 9 nitrogen and oxygen atoms in total. The number of alkyl halides is 3. The molecule has 0 bridgehead atoms. The van der Waals surface area contributed by atoms with Crippen LogP contribution >= 0.6 is 11.8 Å². The number of rotatable bonds is 8. The second kappa shape index (κ2) is 12.4. The van der Waals surface area contributed by atoms with E-state index < -0.39 is 41.3 Å². The van der Waals surface area contributed by atoms with Gasteiger partial charge >= 0.3 is 12.5 Å². The highest BCUT2D eigenvalue weighted by Crippen LogP contribution is 2.39. The molecule has 0 fully saturated rings. The van der Waals surface area contributed by atoms with Crippen LogP contribution in [-0.4, -0.2) is 41.4 Å². The molecule has 224 valence electrons. The lowest BCUT2D eigenvalue weighted by atomic mass is 10.1. The van der Waals surface area contributed by atoms with Crippen LogP contribution in [0, 0.1) is 0 Å². The fraction of sp³-hybridized carbons (Fsp3) is 0.345. The van der Waals surface area contributed by atoms with Crippen molar-refractivity contribution in [3.8, 4) is 11.5 Å². The molecule has 0 saturated carbocycles. The van der Waals surface area contributed by atoms with Crippen molar-refractivity contribution < 1.29 is 37.0 Å². The molecular weight excluding hydrogens is 575 g/mol. The molecule has 0 aliphatic carbocycles. The Morgan fingerprint density at radius 2 is 1.62 bits per heavy atom. The summed E-state index contributed by atoms with van der Waals surface area (Å²) in [5, 5.41) is 5.59. The van der Waals surface area contributed by atoms with Crippen LogP contribution in [0.4, 0.5) is 18.0 Å². The Hall–Kier alpha value is -4.13. The first-order valence-corrected chi connectivity index (χ1v) is 13.9. The van der Waals surface area contributed by atoms with Crippen molar-refractivity contribution in [2.75, 3.05) is 12.9 Å². The number of nitrogens with one attached hydrogen (secondary N) is 2. The predicted octanol–water partition coefficient (Wildman–Crippen LogP) is 5.41. The van der Waals surface area contributed by atoms with Crippen molar-refractivity contribution in [1.29, 1.82) is 0 Å². The Balaban J connectivity index is 1.64. The van der Waals surface area contributed by atoms with Gasteiger partial charge < -0.3 is 29.4 Å². The molecule has 2 amide bonds. The maximum Gasteiger partial charge on any atom is 0.573 e. The third-order valence-corrected chi connectivity index (χ3v) is 7.29. The molecule has 2 heterocycles. The first-order chi connectivity index (χ1) is 19.7. The Kier molecular flexibility index (Phi) is 9.09. The van der Waals surface area contributed by atoms with Gasteiger partial charge in [-0.1, -0.05) is 24.3 Å². The quantitative estimate of drug-likeness (QED) is 0.354. The predicted molar refractivity (Wildman–Crippen MR) is 150 cm³/mol. The fourth-order valence-electron chi connectivity index (χ4n) is 4.24. The molecule has 42 heavy (non-hydrogen) atoms.